The summed E-state index contributed by atoms with van der Waals surface area (Å²) < 4.78 is 44.2. The molecule has 3 heterocycles. The fourth-order valence-corrected chi connectivity index (χ4v) is 3.36. The number of carbonyl (C=O) groups excluding carboxylic acids is 2. The van der Waals surface area contributed by atoms with E-state index in [4.69, 9.17) is 0 Å². The molecule has 192 valence electrons. The number of carbonyl (C=O) groups is 2. The van der Waals surface area contributed by atoms with Crippen molar-refractivity contribution >= 4 is 17.7 Å². The molecule has 0 aromatic carbocycles. The molecule has 9 nitrogen and oxygen atoms in total. The minimum atomic E-state index is -4.48. The van der Waals surface area contributed by atoms with E-state index in [9.17, 15) is 22.8 Å². The summed E-state index contributed by atoms with van der Waals surface area (Å²) in [6.07, 6.45) is 1.00. The van der Waals surface area contributed by atoms with Crippen LogP contribution < -0.4 is 10.6 Å². The third-order valence-electron chi connectivity index (χ3n) is 5.22. The van der Waals surface area contributed by atoms with Crippen molar-refractivity contribution in [1.29, 1.82) is 0 Å². The second-order valence-electron chi connectivity index (χ2n) is 8.46. The summed E-state index contributed by atoms with van der Waals surface area (Å²) in [6.45, 7) is 4.28. The average molecular weight is 505 g/mol. The van der Waals surface area contributed by atoms with E-state index in [1.54, 1.807) is 30.5 Å². The number of pyridine rings is 2. The van der Waals surface area contributed by atoms with Crippen LogP contribution in [0.2, 0.25) is 0 Å². The Kier molecular flexibility index (Phi) is 8.62. The van der Waals surface area contributed by atoms with Gasteiger partial charge in [0.05, 0.1) is 36.9 Å². The molecule has 3 aromatic rings. The van der Waals surface area contributed by atoms with Crippen molar-refractivity contribution in [3.05, 3.63) is 65.7 Å². The second kappa shape index (κ2) is 11.6. The SMILES string of the molecule is COC(=O)CCNC(=O)c1ccc(N[C@H](CC(C)C)c2ccc(-n3cc(C(F)(F)F)cn3)nc2)nc1. The molecular weight excluding hydrogens is 477 g/mol. The largest absolute Gasteiger partial charge is 0.469 e. The molecule has 36 heavy (non-hydrogen) atoms. The van der Waals surface area contributed by atoms with Crippen LogP contribution in [-0.2, 0) is 15.7 Å². The van der Waals surface area contributed by atoms with Crippen LogP contribution in [-0.4, -0.2) is 45.3 Å². The molecule has 0 saturated carbocycles. The lowest BCUT2D eigenvalue weighted by Crippen LogP contribution is -2.26. The van der Waals surface area contributed by atoms with Gasteiger partial charge >= 0.3 is 12.1 Å². The summed E-state index contributed by atoms with van der Waals surface area (Å²) in [5.74, 6) is 0.351. The molecule has 3 aromatic heterocycles. The topological polar surface area (TPSA) is 111 Å². The maximum absolute atomic E-state index is 12.9. The van der Waals surface area contributed by atoms with Crippen LogP contribution in [0.25, 0.3) is 5.82 Å². The molecule has 0 aliphatic heterocycles. The van der Waals surface area contributed by atoms with E-state index in [0.29, 0.717) is 17.3 Å². The highest BCUT2D eigenvalue weighted by Gasteiger charge is 2.32. The van der Waals surface area contributed by atoms with Gasteiger partial charge in [-0.15, -0.1) is 0 Å². The van der Waals surface area contributed by atoms with Crippen LogP contribution >= 0.6 is 0 Å². The molecular formula is C24H27F3N6O3. The summed E-state index contributed by atoms with van der Waals surface area (Å²) >= 11 is 0. The summed E-state index contributed by atoms with van der Waals surface area (Å²) in [5.41, 5.74) is 0.316. The molecule has 2 N–H and O–H groups in total. The summed E-state index contributed by atoms with van der Waals surface area (Å²) in [4.78, 5) is 32.0. The Morgan fingerprint density at radius 1 is 1.08 bits per heavy atom. The normalized spacial score (nSPS) is 12.3. The number of nitrogens with one attached hydrogen (secondary N) is 2. The highest BCUT2D eigenvalue weighted by molar-refractivity contribution is 5.94. The average Bonchev–Trinajstić information content (AvgIpc) is 3.35. The van der Waals surface area contributed by atoms with Crippen LogP contribution in [0.3, 0.4) is 0 Å². The van der Waals surface area contributed by atoms with Gasteiger partial charge in [-0.3, -0.25) is 9.59 Å². The maximum Gasteiger partial charge on any atom is 0.419 e. The van der Waals surface area contributed by atoms with Crippen LogP contribution in [0.4, 0.5) is 19.0 Å². The van der Waals surface area contributed by atoms with Gasteiger partial charge in [0.2, 0.25) is 0 Å². The third kappa shape index (κ3) is 7.27. The number of anilines is 1. The number of methoxy groups -OCH3 is 1. The van der Waals surface area contributed by atoms with Gasteiger partial charge in [-0.05, 0) is 36.1 Å². The fraction of sp³-hybridized carbons (Fsp3) is 0.375. The van der Waals surface area contributed by atoms with Gasteiger partial charge in [0.25, 0.3) is 5.91 Å². The molecule has 1 amide bonds. The molecule has 3 rings (SSSR count). The van der Waals surface area contributed by atoms with E-state index < -0.39 is 17.7 Å². The van der Waals surface area contributed by atoms with E-state index in [-0.39, 0.29) is 30.7 Å². The Balaban J connectivity index is 1.68. The lowest BCUT2D eigenvalue weighted by atomic mass is 9.98. The van der Waals surface area contributed by atoms with E-state index in [1.165, 1.54) is 13.3 Å². The van der Waals surface area contributed by atoms with Gasteiger partial charge in [0, 0.05) is 25.1 Å². The summed E-state index contributed by atoms with van der Waals surface area (Å²) in [7, 11) is 1.28. The van der Waals surface area contributed by atoms with Crippen molar-refractivity contribution in [3.8, 4) is 5.82 Å². The number of nitrogens with zero attached hydrogens (tertiary/aromatic N) is 4. The molecule has 12 heteroatoms. The fourth-order valence-electron chi connectivity index (χ4n) is 3.36. The van der Waals surface area contributed by atoms with E-state index in [0.717, 1.165) is 29.1 Å². The van der Waals surface area contributed by atoms with Crippen molar-refractivity contribution in [2.75, 3.05) is 19.0 Å². The first kappa shape index (κ1) is 26.6. The number of ether oxygens (including phenoxy) is 1. The van der Waals surface area contributed by atoms with Crippen molar-refractivity contribution in [1.82, 2.24) is 25.1 Å². The standard InChI is InChI=1S/C24H27F3N6O3/c1-15(2)10-19(16-5-7-21(30-11-16)33-14-18(13-31-33)24(25,26)27)32-20-6-4-17(12-29-20)23(35)28-9-8-22(34)36-3/h4-7,11-15,19H,8-10H2,1-3H3,(H,28,35)(H,29,32)/t19-/m1/s1. The van der Waals surface area contributed by atoms with Gasteiger partial charge in [0.15, 0.2) is 5.82 Å². The van der Waals surface area contributed by atoms with Gasteiger partial charge in [-0.1, -0.05) is 19.9 Å². The summed E-state index contributed by atoms with van der Waals surface area (Å²) in [5, 5.41) is 9.70. The minimum absolute atomic E-state index is 0.0723. The number of esters is 1. The zero-order valence-corrected chi connectivity index (χ0v) is 20.0. The Labute approximate surface area is 206 Å². The van der Waals surface area contributed by atoms with E-state index in [2.05, 4.69) is 44.3 Å². The van der Waals surface area contributed by atoms with Crippen LogP contribution in [0.15, 0.2) is 49.1 Å². The predicted molar refractivity (Wildman–Crippen MR) is 125 cm³/mol. The number of hydrogen-bond acceptors (Lipinski definition) is 7. The molecule has 0 aliphatic rings. The van der Waals surface area contributed by atoms with Crippen molar-refractivity contribution < 1.29 is 27.5 Å². The molecule has 1 atom stereocenters. The highest BCUT2D eigenvalue weighted by atomic mass is 19.4. The monoisotopic (exact) mass is 504 g/mol. The van der Waals surface area contributed by atoms with Gasteiger partial charge in [0.1, 0.15) is 5.82 Å². The first-order chi connectivity index (χ1) is 17.1. The zero-order chi connectivity index (χ0) is 26.3. The molecule has 0 aliphatic carbocycles. The van der Waals surface area contributed by atoms with Crippen LogP contribution in [0, 0.1) is 5.92 Å². The number of aromatic nitrogens is 4. The minimum Gasteiger partial charge on any atom is -0.469 e. The Morgan fingerprint density at radius 2 is 1.86 bits per heavy atom. The molecule has 0 unspecified atom stereocenters. The smallest absolute Gasteiger partial charge is 0.419 e. The number of halogens is 3. The van der Waals surface area contributed by atoms with Crippen molar-refractivity contribution in [2.24, 2.45) is 5.92 Å². The lowest BCUT2D eigenvalue weighted by molar-refractivity contribution is -0.140. The van der Waals surface area contributed by atoms with Crippen molar-refractivity contribution in [3.63, 3.8) is 0 Å². The molecule has 0 spiro atoms. The van der Waals surface area contributed by atoms with Crippen LogP contribution in [0.5, 0.6) is 0 Å². The first-order valence-corrected chi connectivity index (χ1v) is 11.2. The van der Waals surface area contributed by atoms with Gasteiger partial charge in [-0.25, -0.2) is 14.6 Å². The maximum atomic E-state index is 12.9. The van der Waals surface area contributed by atoms with Gasteiger partial charge < -0.3 is 15.4 Å². The Morgan fingerprint density at radius 3 is 2.42 bits per heavy atom. The van der Waals surface area contributed by atoms with E-state index in [1.807, 2.05) is 0 Å². The third-order valence-corrected chi connectivity index (χ3v) is 5.22. The zero-order valence-electron chi connectivity index (χ0n) is 20.0. The van der Waals surface area contributed by atoms with E-state index >= 15 is 0 Å². The van der Waals surface area contributed by atoms with Crippen molar-refractivity contribution in [2.45, 2.75) is 38.9 Å². The Hall–Kier alpha value is -3.96. The number of alkyl halides is 3. The van der Waals surface area contributed by atoms with Crippen LogP contribution in [0.1, 0.15) is 54.2 Å². The summed E-state index contributed by atoms with van der Waals surface area (Å²) in [6, 6.07) is 6.49. The van der Waals surface area contributed by atoms with Gasteiger partial charge in [-0.2, -0.15) is 18.3 Å². The molecule has 0 saturated heterocycles. The second-order valence-corrected chi connectivity index (χ2v) is 8.46. The number of amides is 1. The predicted octanol–water partition coefficient (Wildman–Crippen LogP) is 4.17. The Bertz CT molecular complexity index is 1160. The first-order valence-electron chi connectivity index (χ1n) is 11.2. The molecule has 0 radical (unpaired) electrons. The molecule has 0 fully saturated rings. The highest BCUT2D eigenvalue weighted by Crippen LogP contribution is 2.29. The number of hydrogen-bond donors (Lipinski definition) is 2. The number of rotatable bonds is 10. The molecule has 0 bridgehead atoms. The quantitative estimate of drug-likeness (QED) is 0.399. The lowest BCUT2D eigenvalue weighted by Gasteiger charge is -2.22.